The van der Waals surface area contributed by atoms with Gasteiger partial charge in [-0.25, -0.2) is 0 Å². The van der Waals surface area contributed by atoms with Gasteiger partial charge in [0.15, 0.2) is 0 Å². The molecule has 1 aromatic carbocycles. The first-order valence-corrected chi connectivity index (χ1v) is 7.73. The second-order valence-corrected chi connectivity index (χ2v) is 6.97. The van der Waals surface area contributed by atoms with Crippen LogP contribution in [-0.2, 0) is 11.3 Å². The summed E-state index contributed by atoms with van der Waals surface area (Å²) in [6.45, 7) is 10.6. The van der Waals surface area contributed by atoms with Crippen LogP contribution in [0.2, 0.25) is 5.02 Å². The minimum atomic E-state index is -0.175. The Hall–Kier alpha value is -1.26. The van der Waals surface area contributed by atoms with Crippen LogP contribution in [0.15, 0.2) is 18.2 Å². The van der Waals surface area contributed by atoms with E-state index < -0.39 is 0 Å². The van der Waals surface area contributed by atoms with Crippen molar-refractivity contribution in [3.63, 3.8) is 0 Å². The molecule has 0 aliphatic carbocycles. The number of nitrogens with zero attached hydrogens (tertiary/aromatic N) is 1. The first kappa shape index (κ1) is 16.1. The number of hydrogen-bond acceptors (Lipinski definition) is 3. The third kappa shape index (κ3) is 4.11. The second-order valence-electron chi connectivity index (χ2n) is 6.54. The predicted octanol–water partition coefficient (Wildman–Crippen LogP) is 2.55. The van der Waals surface area contributed by atoms with Crippen LogP contribution in [0.3, 0.4) is 0 Å². The van der Waals surface area contributed by atoms with Gasteiger partial charge < -0.3 is 15.5 Å². The molecule has 0 aromatic heterocycles. The summed E-state index contributed by atoms with van der Waals surface area (Å²) in [6.07, 6.45) is 0. The van der Waals surface area contributed by atoms with Crippen molar-refractivity contribution in [1.82, 2.24) is 10.6 Å². The van der Waals surface area contributed by atoms with E-state index in [-0.39, 0.29) is 17.5 Å². The van der Waals surface area contributed by atoms with Crippen LogP contribution >= 0.6 is 11.6 Å². The number of rotatable bonds is 3. The molecule has 5 heteroatoms. The molecule has 0 radical (unpaired) electrons. The molecule has 1 atom stereocenters. The van der Waals surface area contributed by atoms with E-state index in [4.69, 9.17) is 11.6 Å². The topological polar surface area (TPSA) is 44.4 Å². The Bertz CT molecular complexity index is 525. The van der Waals surface area contributed by atoms with Crippen molar-refractivity contribution in [2.45, 2.75) is 45.8 Å². The minimum absolute atomic E-state index is 0.0434. The number of nitrogens with one attached hydrogen (secondary N) is 2. The van der Waals surface area contributed by atoms with Crippen LogP contribution in [0.4, 0.5) is 5.69 Å². The summed E-state index contributed by atoms with van der Waals surface area (Å²) in [7, 11) is 0. The molecule has 0 spiro atoms. The fourth-order valence-electron chi connectivity index (χ4n) is 2.43. The van der Waals surface area contributed by atoms with E-state index in [0.29, 0.717) is 11.6 Å². The van der Waals surface area contributed by atoms with Crippen molar-refractivity contribution in [2.24, 2.45) is 0 Å². The average molecular weight is 310 g/mol. The lowest BCUT2D eigenvalue weighted by Gasteiger charge is -2.36. The van der Waals surface area contributed by atoms with E-state index >= 15 is 0 Å². The van der Waals surface area contributed by atoms with E-state index in [2.05, 4.69) is 36.3 Å². The van der Waals surface area contributed by atoms with Gasteiger partial charge in [0, 0.05) is 35.9 Å². The molecular weight excluding hydrogens is 286 g/mol. The largest absolute Gasteiger partial charge is 0.358 e. The first-order valence-electron chi connectivity index (χ1n) is 7.36. The van der Waals surface area contributed by atoms with Gasteiger partial charge in [0.25, 0.3) is 0 Å². The molecule has 1 aliphatic heterocycles. The summed E-state index contributed by atoms with van der Waals surface area (Å²) in [4.78, 5) is 14.0. The molecule has 1 heterocycles. The third-order valence-electron chi connectivity index (χ3n) is 3.66. The van der Waals surface area contributed by atoms with Crippen LogP contribution in [0.5, 0.6) is 0 Å². The second kappa shape index (κ2) is 6.24. The van der Waals surface area contributed by atoms with Crippen molar-refractivity contribution < 1.29 is 4.79 Å². The van der Waals surface area contributed by atoms with Crippen molar-refractivity contribution in [3.8, 4) is 0 Å². The van der Waals surface area contributed by atoms with E-state index in [1.54, 1.807) is 0 Å². The van der Waals surface area contributed by atoms with Gasteiger partial charge >= 0.3 is 0 Å². The smallest absolute Gasteiger partial charge is 0.242 e. The van der Waals surface area contributed by atoms with Gasteiger partial charge in [0.1, 0.15) is 6.04 Å². The molecule has 1 aromatic rings. The van der Waals surface area contributed by atoms with E-state index in [9.17, 15) is 4.79 Å². The van der Waals surface area contributed by atoms with E-state index in [1.165, 1.54) is 0 Å². The van der Waals surface area contributed by atoms with Gasteiger partial charge in [0.2, 0.25) is 5.91 Å². The Morgan fingerprint density at radius 2 is 2.14 bits per heavy atom. The number of hydrogen-bond donors (Lipinski definition) is 2. The zero-order valence-corrected chi connectivity index (χ0v) is 13.9. The first-order chi connectivity index (χ1) is 9.78. The van der Waals surface area contributed by atoms with Crippen molar-refractivity contribution in [3.05, 3.63) is 28.8 Å². The highest BCUT2D eigenvalue weighted by molar-refractivity contribution is 6.30. The molecule has 116 valence electrons. The molecule has 21 heavy (non-hydrogen) atoms. The van der Waals surface area contributed by atoms with Gasteiger partial charge in [-0.1, -0.05) is 17.7 Å². The summed E-state index contributed by atoms with van der Waals surface area (Å²) in [5, 5.41) is 7.08. The molecule has 1 saturated heterocycles. The van der Waals surface area contributed by atoms with Crippen LogP contribution in [0.1, 0.15) is 33.3 Å². The Morgan fingerprint density at radius 1 is 1.43 bits per heavy atom. The molecule has 4 nitrogen and oxygen atoms in total. The zero-order chi connectivity index (χ0) is 15.6. The number of halogens is 1. The molecule has 1 aliphatic rings. The standard InChI is InChI=1S/C16H24ClN3O/c1-11-15(21)18-7-8-20(11)14-9-13(17)6-5-12(14)10-19-16(2,3)4/h5-6,9,11,19H,7-8,10H2,1-4H3,(H,18,21). The van der Waals surface area contributed by atoms with Crippen LogP contribution in [-0.4, -0.2) is 30.6 Å². The van der Waals surface area contributed by atoms with Gasteiger partial charge in [-0.05, 0) is 45.4 Å². The maximum atomic E-state index is 11.9. The summed E-state index contributed by atoms with van der Waals surface area (Å²) >= 11 is 6.16. The maximum Gasteiger partial charge on any atom is 0.242 e. The molecule has 0 bridgehead atoms. The quantitative estimate of drug-likeness (QED) is 0.902. The average Bonchev–Trinajstić information content (AvgIpc) is 2.39. The van der Waals surface area contributed by atoms with Crippen LogP contribution in [0, 0.1) is 0 Å². The number of carbonyl (C=O) groups excluding carboxylic acids is 1. The maximum absolute atomic E-state index is 11.9. The highest BCUT2D eigenvalue weighted by atomic mass is 35.5. The summed E-state index contributed by atoms with van der Waals surface area (Å²) in [5.74, 6) is 0.0657. The minimum Gasteiger partial charge on any atom is -0.358 e. The molecule has 0 saturated carbocycles. The molecular formula is C16H24ClN3O. The Balaban J connectivity index is 2.28. The summed E-state index contributed by atoms with van der Waals surface area (Å²) in [6, 6.07) is 5.72. The zero-order valence-electron chi connectivity index (χ0n) is 13.2. The monoisotopic (exact) mass is 309 g/mol. The Morgan fingerprint density at radius 3 is 2.81 bits per heavy atom. The Labute approximate surface area is 131 Å². The highest BCUT2D eigenvalue weighted by Crippen LogP contribution is 2.28. The lowest BCUT2D eigenvalue weighted by molar-refractivity contribution is -0.122. The number of amides is 1. The predicted molar refractivity (Wildman–Crippen MR) is 87.9 cm³/mol. The van der Waals surface area contributed by atoms with Gasteiger partial charge in [-0.3, -0.25) is 4.79 Å². The number of piperazine rings is 1. The molecule has 1 amide bonds. The van der Waals surface area contributed by atoms with Crippen LogP contribution < -0.4 is 15.5 Å². The lowest BCUT2D eigenvalue weighted by Crippen LogP contribution is -2.54. The molecule has 2 N–H and O–H groups in total. The fraction of sp³-hybridized carbons (Fsp3) is 0.562. The van der Waals surface area contributed by atoms with Gasteiger partial charge in [-0.2, -0.15) is 0 Å². The molecule has 2 rings (SSSR count). The highest BCUT2D eigenvalue weighted by Gasteiger charge is 2.27. The molecule has 1 fully saturated rings. The van der Waals surface area contributed by atoms with E-state index in [0.717, 1.165) is 24.3 Å². The van der Waals surface area contributed by atoms with Crippen molar-refractivity contribution in [1.29, 1.82) is 0 Å². The fourth-order valence-corrected chi connectivity index (χ4v) is 2.59. The molecule has 1 unspecified atom stereocenters. The van der Waals surface area contributed by atoms with Gasteiger partial charge in [-0.15, -0.1) is 0 Å². The summed E-state index contributed by atoms with van der Waals surface area (Å²) in [5.41, 5.74) is 2.25. The van der Waals surface area contributed by atoms with Crippen molar-refractivity contribution >= 4 is 23.2 Å². The van der Waals surface area contributed by atoms with Crippen LogP contribution in [0.25, 0.3) is 0 Å². The number of benzene rings is 1. The lowest BCUT2D eigenvalue weighted by atomic mass is 10.1. The summed E-state index contributed by atoms with van der Waals surface area (Å²) < 4.78 is 0. The normalized spacial score (nSPS) is 19.6. The number of anilines is 1. The third-order valence-corrected chi connectivity index (χ3v) is 3.90. The van der Waals surface area contributed by atoms with E-state index in [1.807, 2.05) is 25.1 Å². The number of carbonyl (C=O) groups is 1. The SMILES string of the molecule is CC1C(=O)NCCN1c1cc(Cl)ccc1CNC(C)(C)C. The van der Waals surface area contributed by atoms with Crippen molar-refractivity contribution in [2.75, 3.05) is 18.0 Å². The Kier molecular flexibility index (Phi) is 4.79. The van der Waals surface area contributed by atoms with Gasteiger partial charge in [0.05, 0.1) is 0 Å².